The number of carbonyl (C=O) groups is 1. The molecule has 0 amide bonds. The number of nitrogens with zero attached hydrogens (tertiary/aromatic N) is 1. The van der Waals surface area contributed by atoms with Crippen molar-refractivity contribution in [2.45, 2.75) is 6.42 Å². The molecule has 0 bridgehead atoms. The third-order valence-electron chi connectivity index (χ3n) is 2.06. The standard InChI is InChI=1S/C11H9BrN2O/c12-9-3-1-2-8(4-9)5-10-6-11(7-15)14-13-10/h1-4,6-7H,5H2,(H,13,14). The molecular weight excluding hydrogens is 256 g/mol. The molecule has 1 aromatic carbocycles. The van der Waals surface area contributed by atoms with E-state index in [1.165, 1.54) is 5.56 Å². The molecule has 1 aromatic heterocycles. The van der Waals surface area contributed by atoms with Gasteiger partial charge in [0.1, 0.15) is 5.69 Å². The van der Waals surface area contributed by atoms with Crippen LogP contribution in [0.25, 0.3) is 0 Å². The number of aromatic amines is 1. The maximum absolute atomic E-state index is 10.4. The zero-order valence-corrected chi connectivity index (χ0v) is 9.49. The Morgan fingerprint density at radius 1 is 1.40 bits per heavy atom. The Balaban J connectivity index is 2.18. The number of halogens is 1. The van der Waals surface area contributed by atoms with Crippen LogP contribution in [0.4, 0.5) is 0 Å². The van der Waals surface area contributed by atoms with Gasteiger partial charge in [-0.05, 0) is 23.8 Å². The minimum Gasteiger partial charge on any atom is -0.296 e. The summed E-state index contributed by atoms with van der Waals surface area (Å²) in [5.74, 6) is 0. The van der Waals surface area contributed by atoms with Crippen LogP contribution in [-0.2, 0) is 6.42 Å². The van der Waals surface area contributed by atoms with Crippen molar-refractivity contribution in [3.05, 3.63) is 51.8 Å². The zero-order valence-electron chi connectivity index (χ0n) is 7.90. The predicted octanol–water partition coefficient (Wildman–Crippen LogP) is 2.58. The van der Waals surface area contributed by atoms with E-state index in [-0.39, 0.29) is 0 Å². The molecule has 15 heavy (non-hydrogen) atoms. The van der Waals surface area contributed by atoms with Crippen LogP contribution in [0.2, 0.25) is 0 Å². The number of benzene rings is 1. The molecule has 0 saturated carbocycles. The zero-order chi connectivity index (χ0) is 10.7. The summed E-state index contributed by atoms with van der Waals surface area (Å²) < 4.78 is 1.05. The van der Waals surface area contributed by atoms with Gasteiger partial charge in [-0.2, -0.15) is 5.10 Å². The Morgan fingerprint density at radius 3 is 2.93 bits per heavy atom. The Morgan fingerprint density at radius 2 is 2.27 bits per heavy atom. The minimum atomic E-state index is 0.444. The molecule has 0 aliphatic heterocycles. The van der Waals surface area contributed by atoms with E-state index in [0.29, 0.717) is 5.69 Å². The van der Waals surface area contributed by atoms with Crippen LogP contribution in [0.15, 0.2) is 34.8 Å². The Kier molecular flexibility index (Phi) is 2.97. The molecule has 0 atom stereocenters. The second kappa shape index (κ2) is 4.40. The number of hydrogen-bond acceptors (Lipinski definition) is 2. The summed E-state index contributed by atoms with van der Waals surface area (Å²) in [4.78, 5) is 10.4. The highest BCUT2D eigenvalue weighted by molar-refractivity contribution is 9.10. The average molecular weight is 265 g/mol. The third-order valence-corrected chi connectivity index (χ3v) is 2.55. The number of hydrogen-bond donors (Lipinski definition) is 1. The molecule has 1 heterocycles. The van der Waals surface area contributed by atoms with Gasteiger partial charge in [0.25, 0.3) is 0 Å². The van der Waals surface area contributed by atoms with E-state index in [1.54, 1.807) is 6.07 Å². The topological polar surface area (TPSA) is 45.8 Å². The summed E-state index contributed by atoms with van der Waals surface area (Å²) in [7, 11) is 0. The largest absolute Gasteiger partial charge is 0.296 e. The smallest absolute Gasteiger partial charge is 0.170 e. The van der Waals surface area contributed by atoms with Crippen LogP contribution in [-0.4, -0.2) is 16.5 Å². The molecular formula is C11H9BrN2O. The molecule has 0 aliphatic carbocycles. The summed E-state index contributed by atoms with van der Waals surface area (Å²) in [6.07, 6.45) is 1.49. The Labute approximate surface area is 95.6 Å². The number of H-pyrrole nitrogens is 1. The molecule has 4 heteroatoms. The highest BCUT2D eigenvalue weighted by Gasteiger charge is 2.01. The molecule has 0 fully saturated rings. The van der Waals surface area contributed by atoms with Crippen LogP contribution in [0.1, 0.15) is 21.7 Å². The SMILES string of the molecule is O=Cc1cc(Cc2cccc(Br)c2)[nH]n1. The fourth-order valence-corrected chi connectivity index (χ4v) is 1.84. The first-order chi connectivity index (χ1) is 7.28. The summed E-state index contributed by atoms with van der Waals surface area (Å²) >= 11 is 3.41. The van der Waals surface area contributed by atoms with E-state index in [1.807, 2.05) is 24.3 Å². The van der Waals surface area contributed by atoms with Gasteiger partial charge in [0.2, 0.25) is 0 Å². The van der Waals surface area contributed by atoms with Crippen LogP contribution in [0.3, 0.4) is 0 Å². The van der Waals surface area contributed by atoms with Gasteiger partial charge in [-0.15, -0.1) is 0 Å². The van der Waals surface area contributed by atoms with E-state index in [2.05, 4.69) is 26.1 Å². The molecule has 3 nitrogen and oxygen atoms in total. The van der Waals surface area contributed by atoms with Crippen LogP contribution in [0.5, 0.6) is 0 Å². The van der Waals surface area contributed by atoms with Crippen molar-refractivity contribution in [2.24, 2.45) is 0 Å². The minimum absolute atomic E-state index is 0.444. The molecule has 0 spiro atoms. The molecule has 2 aromatic rings. The van der Waals surface area contributed by atoms with Crippen LogP contribution >= 0.6 is 15.9 Å². The fourth-order valence-electron chi connectivity index (χ4n) is 1.40. The van der Waals surface area contributed by atoms with Crippen molar-refractivity contribution in [3.63, 3.8) is 0 Å². The normalized spacial score (nSPS) is 10.2. The predicted molar refractivity (Wildman–Crippen MR) is 60.9 cm³/mol. The fraction of sp³-hybridized carbons (Fsp3) is 0.0909. The first kappa shape index (κ1) is 10.1. The molecule has 0 radical (unpaired) electrons. The van der Waals surface area contributed by atoms with E-state index in [9.17, 15) is 4.79 Å². The van der Waals surface area contributed by atoms with Gasteiger partial charge in [0, 0.05) is 16.6 Å². The second-order valence-corrected chi connectivity index (χ2v) is 4.16. The number of aldehydes is 1. The maximum atomic E-state index is 10.4. The quantitative estimate of drug-likeness (QED) is 0.867. The highest BCUT2D eigenvalue weighted by atomic mass is 79.9. The van der Waals surface area contributed by atoms with E-state index in [0.717, 1.165) is 22.9 Å². The van der Waals surface area contributed by atoms with Crippen LogP contribution in [0, 0.1) is 0 Å². The van der Waals surface area contributed by atoms with Gasteiger partial charge in [0.05, 0.1) is 0 Å². The van der Waals surface area contributed by atoms with E-state index >= 15 is 0 Å². The number of carbonyl (C=O) groups excluding carboxylic acids is 1. The van der Waals surface area contributed by atoms with Gasteiger partial charge in [-0.1, -0.05) is 28.1 Å². The molecule has 0 unspecified atom stereocenters. The average Bonchev–Trinajstić information content (AvgIpc) is 2.65. The molecule has 76 valence electrons. The second-order valence-electron chi connectivity index (χ2n) is 3.24. The van der Waals surface area contributed by atoms with Gasteiger partial charge in [0.15, 0.2) is 6.29 Å². The molecule has 0 aliphatic rings. The lowest BCUT2D eigenvalue weighted by atomic mass is 10.1. The van der Waals surface area contributed by atoms with Gasteiger partial charge >= 0.3 is 0 Å². The van der Waals surface area contributed by atoms with Crippen molar-refractivity contribution >= 4 is 22.2 Å². The van der Waals surface area contributed by atoms with Crippen molar-refractivity contribution in [1.82, 2.24) is 10.2 Å². The lowest BCUT2D eigenvalue weighted by Crippen LogP contribution is -1.87. The number of aromatic nitrogens is 2. The summed E-state index contributed by atoms with van der Waals surface area (Å²) in [5, 5.41) is 6.68. The van der Waals surface area contributed by atoms with Gasteiger partial charge < -0.3 is 0 Å². The first-order valence-corrected chi connectivity index (χ1v) is 5.31. The summed E-state index contributed by atoms with van der Waals surface area (Å²) in [5.41, 5.74) is 2.56. The number of nitrogens with one attached hydrogen (secondary N) is 1. The monoisotopic (exact) mass is 264 g/mol. The maximum Gasteiger partial charge on any atom is 0.170 e. The van der Waals surface area contributed by atoms with E-state index in [4.69, 9.17) is 0 Å². The van der Waals surface area contributed by atoms with Crippen LogP contribution < -0.4 is 0 Å². The van der Waals surface area contributed by atoms with Gasteiger partial charge in [-0.25, -0.2) is 0 Å². The summed E-state index contributed by atoms with van der Waals surface area (Å²) in [6, 6.07) is 9.80. The molecule has 2 rings (SSSR count). The van der Waals surface area contributed by atoms with Gasteiger partial charge in [-0.3, -0.25) is 9.89 Å². The third kappa shape index (κ3) is 2.53. The Hall–Kier alpha value is -1.42. The molecule has 1 N–H and O–H groups in total. The lowest BCUT2D eigenvalue weighted by Gasteiger charge is -1.98. The van der Waals surface area contributed by atoms with E-state index < -0.39 is 0 Å². The Bertz CT molecular complexity index is 479. The van der Waals surface area contributed by atoms with Crippen molar-refractivity contribution < 1.29 is 4.79 Å². The lowest BCUT2D eigenvalue weighted by molar-refractivity contribution is 0.111. The van der Waals surface area contributed by atoms with Crippen molar-refractivity contribution in [2.75, 3.05) is 0 Å². The summed E-state index contributed by atoms with van der Waals surface area (Å²) in [6.45, 7) is 0. The van der Waals surface area contributed by atoms with Crippen molar-refractivity contribution in [1.29, 1.82) is 0 Å². The number of rotatable bonds is 3. The first-order valence-electron chi connectivity index (χ1n) is 4.52. The highest BCUT2D eigenvalue weighted by Crippen LogP contribution is 2.14. The molecule has 0 saturated heterocycles. The van der Waals surface area contributed by atoms with Crippen molar-refractivity contribution in [3.8, 4) is 0 Å².